The zero-order valence-electron chi connectivity index (χ0n) is 14.9. The highest BCUT2D eigenvalue weighted by Crippen LogP contribution is 1.98. The van der Waals surface area contributed by atoms with Crippen LogP contribution in [0.2, 0.25) is 0 Å². The van der Waals surface area contributed by atoms with E-state index in [1.54, 1.807) is 0 Å². The molecule has 0 atom stereocenters. The first-order valence-corrected chi connectivity index (χ1v) is 8.12. The number of hydrogen-bond donors (Lipinski definition) is 3. The molecule has 1 heterocycles. The number of aromatic nitrogens is 2. The van der Waals surface area contributed by atoms with Gasteiger partial charge in [0.05, 0.1) is 6.20 Å². The lowest BCUT2D eigenvalue weighted by atomic mass is 10.1. The van der Waals surface area contributed by atoms with Crippen molar-refractivity contribution in [3.8, 4) is 0 Å². The van der Waals surface area contributed by atoms with E-state index in [1.165, 1.54) is 0 Å². The molecule has 0 aliphatic heterocycles. The summed E-state index contributed by atoms with van der Waals surface area (Å²) in [6, 6.07) is 0. The van der Waals surface area contributed by atoms with Gasteiger partial charge in [0.2, 0.25) is 5.91 Å². The third-order valence-corrected chi connectivity index (χ3v) is 2.86. The molecule has 0 aliphatic rings. The van der Waals surface area contributed by atoms with Crippen molar-refractivity contribution in [2.75, 3.05) is 19.6 Å². The summed E-state index contributed by atoms with van der Waals surface area (Å²) < 4.78 is 1.93. The van der Waals surface area contributed by atoms with E-state index in [0.717, 1.165) is 31.6 Å². The molecule has 23 heavy (non-hydrogen) atoms. The van der Waals surface area contributed by atoms with Crippen molar-refractivity contribution < 1.29 is 4.79 Å². The maximum absolute atomic E-state index is 11.8. The highest BCUT2D eigenvalue weighted by molar-refractivity contribution is 5.85. The van der Waals surface area contributed by atoms with Crippen molar-refractivity contribution in [3.05, 3.63) is 18.0 Å². The lowest BCUT2D eigenvalue weighted by molar-refractivity contribution is -0.121. The first kappa shape index (κ1) is 19.0. The molecule has 7 nitrogen and oxygen atoms in total. The molecule has 1 rings (SSSR count). The van der Waals surface area contributed by atoms with Gasteiger partial charge in [-0.1, -0.05) is 0 Å². The summed E-state index contributed by atoms with van der Waals surface area (Å²) in [6.07, 6.45) is 4.81. The Morgan fingerprint density at radius 1 is 1.35 bits per heavy atom. The minimum absolute atomic E-state index is 0.0817. The Hall–Kier alpha value is -2.05. The fraction of sp³-hybridized carbons (Fsp3) is 0.688. The van der Waals surface area contributed by atoms with Crippen LogP contribution in [0.25, 0.3) is 0 Å². The standard InChI is InChI=1S/C16H30N6O/c1-6-17-15(19-11-14(23)21-16(3,4)5)18-8-7-9-22-12-13(2)10-20-22/h10,12H,6-9,11H2,1-5H3,(H,21,23)(H2,17,18,19). The fourth-order valence-electron chi connectivity index (χ4n) is 1.99. The van der Waals surface area contributed by atoms with Crippen molar-refractivity contribution in [1.82, 2.24) is 25.7 Å². The van der Waals surface area contributed by atoms with Gasteiger partial charge in [-0.2, -0.15) is 5.10 Å². The highest BCUT2D eigenvalue weighted by Gasteiger charge is 2.13. The first-order chi connectivity index (χ1) is 10.8. The van der Waals surface area contributed by atoms with E-state index in [-0.39, 0.29) is 18.0 Å². The van der Waals surface area contributed by atoms with Crippen molar-refractivity contribution in [1.29, 1.82) is 0 Å². The van der Waals surface area contributed by atoms with Crippen LogP contribution in [0.5, 0.6) is 0 Å². The molecule has 1 aromatic rings. The Kier molecular flexibility index (Phi) is 7.57. The van der Waals surface area contributed by atoms with Gasteiger partial charge in [0.1, 0.15) is 6.54 Å². The zero-order chi connectivity index (χ0) is 17.3. The van der Waals surface area contributed by atoms with Gasteiger partial charge in [0, 0.05) is 31.4 Å². The normalized spacial score (nSPS) is 12.1. The molecule has 0 aromatic carbocycles. The molecular formula is C16H30N6O. The van der Waals surface area contributed by atoms with Crippen LogP contribution in [0, 0.1) is 6.92 Å². The van der Waals surface area contributed by atoms with E-state index in [1.807, 2.05) is 51.7 Å². The Morgan fingerprint density at radius 3 is 2.65 bits per heavy atom. The number of hydrogen-bond acceptors (Lipinski definition) is 3. The highest BCUT2D eigenvalue weighted by atomic mass is 16.2. The van der Waals surface area contributed by atoms with Crippen LogP contribution in [0.3, 0.4) is 0 Å². The maximum Gasteiger partial charge on any atom is 0.242 e. The number of carbonyl (C=O) groups excluding carboxylic acids is 1. The maximum atomic E-state index is 11.8. The predicted octanol–water partition coefficient (Wildman–Crippen LogP) is 1.05. The minimum Gasteiger partial charge on any atom is -0.357 e. The van der Waals surface area contributed by atoms with E-state index in [9.17, 15) is 4.79 Å². The molecule has 0 unspecified atom stereocenters. The number of aryl methyl sites for hydroxylation is 2. The van der Waals surface area contributed by atoms with Crippen LogP contribution in [0.1, 0.15) is 39.7 Å². The Balaban J connectivity index is 2.35. The van der Waals surface area contributed by atoms with Gasteiger partial charge in [0.15, 0.2) is 5.96 Å². The van der Waals surface area contributed by atoms with Crippen LogP contribution in [0.4, 0.5) is 0 Å². The lowest BCUT2D eigenvalue weighted by Crippen LogP contribution is -2.43. The summed E-state index contributed by atoms with van der Waals surface area (Å²) in [5.74, 6) is 0.579. The first-order valence-electron chi connectivity index (χ1n) is 8.12. The van der Waals surface area contributed by atoms with E-state index < -0.39 is 0 Å². The average molecular weight is 322 g/mol. The molecule has 3 N–H and O–H groups in total. The van der Waals surface area contributed by atoms with Crippen molar-refractivity contribution in [2.24, 2.45) is 4.99 Å². The largest absolute Gasteiger partial charge is 0.357 e. The summed E-state index contributed by atoms with van der Waals surface area (Å²) in [5, 5.41) is 13.5. The molecule has 0 saturated carbocycles. The van der Waals surface area contributed by atoms with Gasteiger partial charge in [-0.15, -0.1) is 0 Å². The smallest absolute Gasteiger partial charge is 0.242 e. The SMILES string of the molecule is CCNC(=NCC(=O)NC(C)(C)C)NCCCn1cc(C)cn1. The molecule has 0 spiro atoms. The van der Waals surface area contributed by atoms with Gasteiger partial charge in [0.25, 0.3) is 0 Å². The van der Waals surface area contributed by atoms with Gasteiger partial charge in [-0.05, 0) is 46.6 Å². The van der Waals surface area contributed by atoms with E-state index in [0.29, 0.717) is 5.96 Å². The minimum atomic E-state index is -0.236. The van der Waals surface area contributed by atoms with Crippen molar-refractivity contribution in [3.63, 3.8) is 0 Å². The number of amides is 1. The average Bonchev–Trinajstić information content (AvgIpc) is 2.84. The Labute approximate surface area is 138 Å². The molecule has 7 heteroatoms. The topological polar surface area (TPSA) is 83.3 Å². The summed E-state index contributed by atoms with van der Waals surface area (Å²) in [4.78, 5) is 16.1. The quantitative estimate of drug-likeness (QED) is 0.398. The zero-order valence-corrected chi connectivity index (χ0v) is 14.9. The third-order valence-electron chi connectivity index (χ3n) is 2.86. The van der Waals surface area contributed by atoms with E-state index >= 15 is 0 Å². The fourth-order valence-corrected chi connectivity index (χ4v) is 1.99. The monoisotopic (exact) mass is 322 g/mol. The molecule has 1 amide bonds. The summed E-state index contributed by atoms with van der Waals surface area (Å²) in [7, 11) is 0. The van der Waals surface area contributed by atoms with Crippen LogP contribution in [0.15, 0.2) is 17.4 Å². The van der Waals surface area contributed by atoms with E-state index in [4.69, 9.17) is 0 Å². The van der Waals surface area contributed by atoms with Gasteiger partial charge < -0.3 is 16.0 Å². The van der Waals surface area contributed by atoms with Crippen LogP contribution >= 0.6 is 0 Å². The van der Waals surface area contributed by atoms with Crippen LogP contribution in [-0.4, -0.2) is 46.8 Å². The second-order valence-corrected chi connectivity index (χ2v) is 6.55. The Bertz CT molecular complexity index is 515. The summed E-state index contributed by atoms with van der Waals surface area (Å²) in [5.41, 5.74) is 0.929. The number of rotatable bonds is 7. The summed E-state index contributed by atoms with van der Waals surface area (Å²) in [6.45, 7) is 12.4. The van der Waals surface area contributed by atoms with Crippen LogP contribution in [-0.2, 0) is 11.3 Å². The molecule has 0 aliphatic carbocycles. The number of guanidine groups is 1. The molecule has 0 bridgehead atoms. The van der Waals surface area contributed by atoms with Gasteiger partial charge in [-0.25, -0.2) is 4.99 Å². The molecule has 0 saturated heterocycles. The molecular weight excluding hydrogens is 292 g/mol. The predicted molar refractivity (Wildman–Crippen MR) is 93.5 cm³/mol. The molecule has 0 radical (unpaired) electrons. The molecule has 130 valence electrons. The van der Waals surface area contributed by atoms with E-state index in [2.05, 4.69) is 26.0 Å². The molecule has 1 aromatic heterocycles. The second-order valence-electron chi connectivity index (χ2n) is 6.55. The second kappa shape index (κ2) is 9.17. The third kappa shape index (κ3) is 8.85. The number of nitrogens with zero attached hydrogens (tertiary/aromatic N) is 3. The number of aliphatic imine (C=N–C) groups is 1. The number of nitrogens with one attached hydrogen (secondary N) is 3. The van der Waals surface area contributed by atoms with Gasteiger partial charge in [-0.3, -0.25) is 9.48 Å². The van der Waals surface area contributed by atoms with Gasteiger partial charge >= 0.3 is 0 Å². The van der Waals surface area contributed by atoms with Crippen molar-refractivity contribution in [2.45, 2.75) is 53.1 Å². The number of carbonyl (C=O) groups is 1. The Morgan fingerprint density at radius 2 is 2.09 bits per heavy atom. The summed E-state index contributed by atoms with van der Waals surface area (Å²) >= 11 is 0. The lowest BCUT2D eigenvalue weighted by Gasteiger charge is -2.20. The van der Waals surface area contributed by atoms with Crippen molar-refractivity contribution >= 4 is 11.9 Å². The molecule has 0 fully saturated rings. The van der Waals surface area contributed by atoms with Crippen LogP contribution < -0.4 is 16.0 Å².